The van der Waals surface area contributed by atoms with Gasteiger partial charge in [0.05, 0.1) is 12.5 Å². The van der Waals surface area contributed by atoms with Crippen molar-refractivity contribution in [3.63, 3.8) is 0 Å². The molecule has 0 aliphatic carbocycles. The van der Waals surface area contributed by atoms with Crippen molar-refractivity contribution in [2.75, 3.05) is 39.8 Å². The van der Waals surface area contributed by atoms with Crippen LogP contribution in [0.3, 0.4) is 0 Å². The maximum Gasteiger partial charge on any atom is 0.236 e. The summed E-state index contributed by atoms with van der Waals surface area (Å²) in [5, 5.41) is 0. The Bertz CT molecular complexity index is 296. The minimum atomic E-state index is -0.261. The highest BCUT2D eigenvalue weighted by Crippen LogP contribution is 2.15. The van der Waals surface area contributed by atoms with Crippen molar-refractivity contribution in [2.24, 2.45) is 17.4 Å². The van der Waals surface area contributed by atoms with Crippen LogP contribution in [0.15, 0.2) is 0 Å². The van der Waals surface area contributed by atoms with Crippen LogP contribution in [-0.2, 0) is 9.59 Å². The van der Waals surface area contributed by atoms with Gasteiger partial charge >= 0.3 is 0 Å². The Labute approximate surface area is 108 Å². The number of carbonyl (C=O) groups excluding carboxylic acids is 2. The third-order valence-corrected chi connectivity index (χ3v) is 3.39. The van der Waals surface area contributed by atoms with E-state index in [1.807, 2.05) is 4.90 Å². The minimum absolute atomic E-state index is 0.0774. The number of amides is 2. The molecule has 0 aromatic heterocycles. The molecule has 1 rings (SSSR count). The third kappa shape index (κ3) is 4.62. The monoisotopic (exact) mass is 256 g/mol. The van der Waals surface area contributed by atoms with Gasteiger partial charge in [0.2, 0.25) is 11.8 Å². The van der Waals surface area contributed by atoms with Crippen LogP contribution < -0.4 is 11.5 Å². The van der Waals surface area contributed by atoms with E-state index in [4.69, 9.17) is 11.5 Å². The molecule has 1 aliphatic rings. The van der Waals surface area contributed by atoms with Crippen LogP contribution in [0.2, 0.25) is 0 Å². The maximum atomic E-state index is 11.9. The van der Waals surface area contributed by atoms with Gasteiger partial charge in [0.1, 0.15) is 0 Å². The summed E-state index contributed by atoms with van der Waals surface area (Å²) < 4.78 is 0. The van der Waals surface area contributed by atoms with Crippen molar-refractivity contribution in [1.82, 2.24) is 9.80 Å². The van der Waals surface area contributed by atoms with E-state index < -0.39 is 0 Å². The lowest BCUT2D eigenvalue weighted by molar-refractivity contribution is -0.133. The van der Waals surface area contributed by atoms with Gasteiger partial charge in [-0.2, -0.15) is 0 Å². The molecule has 1 aliphatic heterocycles. The first kappa shape index (κ1) is 14.9. The van der Waals surface area contributed by atoms with Crippen LogP contribution in [0.25, 0.3) is 0 Å². The van der Waals surface area contributed by atoms with Gasteiger partial charge in [0, 0.05) is 20.1 Å². The second-order valence-corrected chi connectivity index (χ2v) is 4.93. The van der Waals surface area contributed by atoms with Gasteiger partial charge in [0.15, 0.2) is 0 Å². The Kier molecular flexibility index (Phi) is 6.07. The maximum absolute atomic E-state index is 11.9. The molecule has 1 unspecified atom stereocenters. The number of rotatable bonds is 6. The lowest BCUT2D eigenvalue weighted by Crippen LogP contribution is -2.46. The van der Waals surface area contributed by atoms with Crippen LogP contribution >= 0.6 is 0 Å². The Hall–Kier alpha value is -1.14. The minimum Gasteiger partial charge on any atom is -0.369 e. The second-order valence-electron chi connectivity index (χ2n) is 4.93. The summed E-state index contributed by atoms with van der Waals surface area (Å²) in [6.45, 7) is 3.10. The molecule has 2 amide bonds. The molecule has 1 heterocycles. The van der Waals surface area contributed by atoms with Crippen molar-refractivity contribution >= 4 is 11.8 Å². The molecule has 1 fully saturated rings. The average Bonchev–Trinajstić information content (AvgIpc) is 2.36. The van der Waals surface area contributed by atoms with E-state index in [0.29, 0.717) is 26.2 Å². The topological polar surface area (TPSA) is 92.7 Å². The van der Waals surface area contributed by atoms with Gasteiger partial charge in [-0.1, -0.05) is 0 Å². The van der Waals surface area contributed by atoms with E-state index in [9.17, 15) is 9.59 Å². The quantitative estimate of drug-likeness (QED) is 0.637. The van der Waals surface area contributed by atoms with Crippen molar-refractivity contribution < 1.29 is 9.59 Å². The van der Waals surface area contributed by atoms with E-state index in [1.165, 1.54) is 0 Å². The average molecular weight is 256 g/mol. The van der Waals surface area contributed by atoms with E-state index in [2.05, 4.69) is 0 Å². The molecule has 6 heteroatoms. The number of hydrogen-bond donors (Lipinski definition) is 2. The molecule has 4 N–H and O–H groups in total. The predicted molar refractivity (Wildman–Crippen MR) is 69.7 cm³/mol. The molecular formula is C12H24N4O2. The third-order valence-electron chi connectivity index (χ3n) is 3.39. The highest BCUT2D eigenvalue weighted by molar-refractivity contribution is 5.79. The fourth-order valence-electron chi connectivity index (χ4n) is 2.20. The molecule has 104 valence electrons. The van der Waals surface area contributed by atoms with E-state index in [-0.39, 0.29) is 17.7 Å². The number of piperidine rings is 1. The van der Waals surface area contributed by atoms with Crippen LogP contribution in [-0.4, -0.2) is 61.4 Å². The Morgan fingerprint density at radius 3 is 2.78 bits per heavy atom. The summed E-state index contributed by atoms with van der Waals surface area (Å²) >= 11 is 0. The zero-order chi connectivity index (χ0) is 13.5. The molecular weight excluding hydrogens is 232 g/mol. The number of primary amides is 1. The zero-order valence-corrected chi connectivity index (χ0v) is 11.1. The lowest BCUT2D eigenvalue weighted by atomic mass is 9.97. The van der Waals surface area contributed by atoms with Crippen molar-refractivity contribution in [2.45, 2.75) is 19.3 Å². The summed E-state index contributed by atoms with van der Waals surface area (Å²) in [5.41, 5.74) is 10.7. The number of likely N-dealkylation sites (N-methyl/N-ethyl adjacent to an activating group) is 1. The summed E-state index contributed by atoms with van der Waals surface area (Å²) in [6, 6.07) is 0. The molecule has 1 saturated heterocycles. The molecule has 6 nitrogen and oxygen atoms in total. The Balaban J connectivity index is 2.37. The lowest BCUT2D eigenvalue weighted by Gasteiger charge is -2.31. The Morgan fingerprint density at radius 1 is 1.44 bits per heavy atom. The van der Waals surface area contributed by atoms with Crippen molar-refractivity contribution in [3.8, 4) is 0 Å². The SMILES string of the molecule is CN(CCCN)C(=O)CN1CCCC(C(N)=O)C1. The first-order valence-corrected chi connectivity index (χ1v) is 6.50. The second kappa shape index (κ2) is 7.33. The van der Waals surface area contributed by atoms with Crippen molar-refractivity contribution in [1.29, 1.82) is 0 Å². The number of nitrogens with zero attached hydrogens (tertiary/aromatic N) is 2. The number of carbonyl (C=O) groups is 2. The van der Waals surface area contributed by atoms with Gasteiger partial charge in [-0.05, 0) is 32.4 Å². The molecule has 18 heavy (non-hydrogen) atoms. The highest BCUT2D eigenvalue weighted by atomic mass is 16.2. The fraction of sp³-hybridized carbons (Fsp3) is 0.833. The van der Waals surface area contributed by atoms with Gasteiger partial charge in [-0.15, -0.1) is 0 Å². The summed E-state index contributed by atoms with van der Waals surface area (Å²) in [7, 11) is 1.79. The van der Waals surface area contributed by atoms with E-state index in [0.717, 1.165) is 25.8 Å². The standard InChI is InChI=1S/C12H24N4O2/c1-15(6-3-5-13)11(17)9-16-7-2-4-10(8-16)12(14)18/h10H,2-9,13H2,1H3,(H2,14,18). The van der Waals surface area contributed by atoms with Gasteiger partial charge in [0.25, 0.3) is 0 Å². The van der Waals surface area contributed by atoms with Gasteiger partial charge in [-0.25, -0.2) is 0 Å². The normalized spacial score (nSPS) is 20.7. The van der Waals surface area contributed by atoms with Crippen LogP contribution in [0.1, 0.15) is 19.3 Å². The largest absolute Gasteiger partial charge is 0.369 e. The zero-order valence-electron chi connectivity index (χ0n) is 11.1. The highest BCUT2D eigenvalue weighted by Gasteiger charge is 2.25. The molecule has 0 spiro atoms. The molecule has 0 aromatic rings. The summed E-state index contributed by atoms with van der Waals surface area (Å²) in [6.07, 6.45) is 2.57. The Morgan fingerprint density at radius 2 is 2.17 bits per heavy atom. The first-order chi connectivity index (χ1) is 8.54. The molecule has 0 saturated carbocycles. The van der Waals surface area contributed by atoms with Crippen molar-refractivity contribution in [3.05, 3.63) is 0 Å². The van der Waals surface area contributed by atoms with Crippen LogP contribution in [0.4, 0.5) is 0 Å². The first-order valence-electron chi connectivity index (χ1n) is 6.50. The smallest absolute Gasteiger partial charge is 0.236 e. The number of hydrogen-bond acceptors (Lipinski definition) is 4. The fourth-order valence-corrected chi connectivity index (χ4v) is 2.20. The van der Waals surface area contributed by atoms with E-state index >= 15 is 0 Å². The van der Waals surface area contributed by atoms with Crippen LogP contribution in [0.5, 0.6) is 0 Å². The summed E-state index contributed by atoms with van der Waals surface area (Å²) in [4.78, 5) is 26.8. The summed E-state index contributed by atoms with van der Waals surface area (Å²) in [5.74, 6) is -0.293. The number of likely N-dealkylation sites (tertiary alicyclic amines) is 1. The van der Waals surface area contributed by atoms with Gasteiger partial charge < -0.3 is 16.4 Å². The molecule has 0 bridgehead atoms. The molecule has 0 radical (unpaired) electrons. The predicted octanol–water partition coefficient (Wildman–Crippen LogP) is -1.01. The van der Waals surface area contributed by atoms with Crippen LogP contribution in [0, 0.1) is 5.92 Å². The molecule has 0 aromatic carbocycles. The van der Waals surface area contributed by atoms with E-state index in [1.54, 1.807) is 11.9 Å². The molecule has 1 atom stereocenters. The number of nitrogens with two attached hydrogens (primary N) is 2. The van der Waals surface area contributed by atoms with Gasteiger partial charge in [-0.3, -0.25) is 14.5 Å².